The maximum absolute atomic E-state index is 12.6. The number of amides is 1. The molecule has 0 atom stereocenters. The lowest BCUT2D eigenvalue weighted by Crippen LogP contribution is -2.12. The van der Waals surface area contributed by atoms with Gasteiger partial charge in [0.1, 0.15) is 0 Å². The normalized spacial score (nSPS) is 10.8. The van der Waals surface area contributed by atoms with Crippen LogP contribution < -0.4 is 14.8 Å². The van der Waals surface area contributed by atoms with Gasteiger partial charge in [0, 0.05) is 11.3 Å². The molecule has 0 unspecified atom stereocenters. The van der Waals surface area contributed by atoms with Gasteiger partial charge in [-0.3, -0.25) is 10.1 Å². The van der Waals surface area contributed by atoms with Gasteiger partial charge in [0.25, 0.3) is 5.91 Å². The first-order valence-electron chi connectivity index (χ1n) is 8.47. The molecule has 0 aliphatic carbocycles. The molecule has 0 fully saturated rings. The van der Waals surface area contributed by atoms with Crippen LogP contribution >= 0.6 is 11.3 Å². The van der Waals surface area contributed by atoms with Crippen molar-refractivity contribution in [3.63, 3.8) is 0 Å². The summed E-state index contributed by atoms with van der Waals surface area (Å²) in [6.07, 6.45) is 0. The summed E-state index contributed by atoms with van der Waals surface area (Å²) in [6, 6.07) is 7.15. The van der Waals surface area contributed by atoms with E-state index in [4.69, 9.17) is 9.47 Å². The van der Waals surface area contributed by atoms with Crippen LogP contribution in [0.4, 0.5) is 5.13 Å². The number of aromatic nitrogens is 2. The van der Waals surface area contributed by atoms with E-state index >= 15 is 0 Å². The van der Waals surface area contributed by atoms with Crippen LogP contribution in [-0.4, -0.2) is 29.1 Å². The number of fused-ring (bicyclic) bond motifs is 1. The zero-order valence-corrected chi connectivity index (χ0v) is 16.1. The summed E-state index contributed by atoms with van der Waals surface area (Å²) in [5, 5.41) is 3.37. The number of nitrogens with one attached hydrogen (secondary N) is 1. The van der Waals surface area contributed by atoms with Gasteiger partial charge in [-0.15, -0.1) is 0 Å². The van der Waals surface area contributed by atoms with Crippen molar-refractivity contribution in [1.82, 2.24) is 9.97 Å². The number of pyridine rings is 1. The summed E-state index contributed by atoms with van der Waals surface area (Å²) in [5.74, 6) is 0.933. The molecule has 26 heavy (non-hydrogen) atoms. The van der Waals surface area contributed by atoms with E-state index in [1.807, 2.05) is 33.8 Å². The first-order chi connectivity index (χ1) is 12.5. The van der Waals surface area contributed by atoms with Crippen LogP contribution in [-0.2, 0) is 0 Å². The zero-order chi connectivity index (χ0) is 18.7. The first-order valence-corrected chi connectivity index (χ1v) is 9.29. The number of aryl methyl sites for hydroxylation is 2. The Hall–Kier alpha value is -2.67. The van der Waals surface area contributed by atoms with Gasteiger partial charge < -0.3 is 9.47 Å². The summed E-state index contributed by atoms with van der Waals surface area (Å²) in [7, 11) is 0. The van der Waals surface area contributed by atoms with Crippen LogP contribution in [0.15, 0.2) is 24.3 Å². The number of nitrogens with zero attached hydrogens (tertiary/aromatic N) is 2. The van der Waals surface area contributed by atoms with Crippen LogP contribution in [0, 0.1) is 13.8 Å². The Morgan fingerprint density at radius 3 is 2.54 bits per heavy atom. The van der Waals surface area contributed by atoms with Crippen molar-refractivity contribution in [2.24, 2.45) is 0 Å². The van der Waals surface area contributed by atoms with E-state index in [0.29, 0.717) is 41.1 Å². The molecule has 0 bridgehead atoms. The maximum atomic E-state index is 12.6. The lowest BCUT2D eigenvalue weighted by atomic mass is 10.2. The molecule has 0 radical (unpaired) electrons. The van der Waals surface area contributed by atoms with Gasteiger partial charge >= 0.3 is 0 Å². The number of benzene rings is 1. The molecular weight excluding hydrogens is 350 g/mol. The summed E-state index contributed by atoms with van der Waals surface area (Å²) in [5.41, 5.74) is 3.15. The second-order valence-corrected chi connectivity index (χ2v) is 6.73. The summed E-state index contributed by atoms with van der Waals surface area (Å²) in [6.45, 7) is 8.76. The highest BCUT2D eigenvalue weighted by Crippen LogP contribution is 2.30. The van der Waals surface area contributed by atoms with Crippen molar-refractivity contribution in [1.29, 1.82) is 0 Å². The van der Waals surface area contributed by atoms with E-state index in [0.717, 1.165) is 16.0 Å². The van der Waals surface area contributed by atoms with Gasteiger partial charge in [-0.1, -0.05) is 11.3 Å². The highest BCUT2D eigenvalue weighted by atomic mass is 32.1. The minimum atomic E-state index is -0.248. The molecule has 7 heteroatoms. The SMILES string of the molecule is CCOc1ccc(C(=O)Nc2nc3nc(C)cc(C)c3s2)cc1OCC. The predicted octanol–water partition coefficient (Wildman–Crippen LogP) is 4.36. The molecule has 1 aromatic carbocycles. The minimum absolute atomic E-state index is 0.248. The molecule has 0 saturated heterocycles. The molecule has 0 spiro atoms. The van der Waals surface area contributed by atoms with Crippen molar-refractivity contribution < 1.29 is 14.3 Å². The number of carbonyl (C=O) groups is 1. The van der Waals surface area contributed by atoms with E-state index in [2.05, 4.69) is 15.3 Å². The summed E-state index contributed by atoms with van der Waals surface area (Å²) >= 11 is 1.42. The average molecular weight is 371 g/mol. The van der Waals surface area contributed by atoms with E-state index in [1.54, 1.807) is 18.2 Å². The van der Waals surface area contributed by atoms with Crippen LogP contribution in [0.1, 0.15) is 35.5 Å². The van der Waals surface area contributed by atoms with Crippen molar-refractivity contribution >= 4 is 32.7 Å². The van der Waals surface area contributed by atoms with E-state index in [1.165, 1.54) is 11.3 Å². The van der Waals surface area contributed by atoms with Gasteiger partial charge in [-0.05, 0) is 57.5 Å². The van der Waals surface area contributed by atoms with Crippen molar-refractivity contribution in [3.05, 3.63) is 41.1 Å². The van der Waals surface area contributed by atoms with E-state index < -0.39 is 0 Å². The highest BCUT2D eigenvalue weighted by Gasteiger charge is 2.15. The number of thiazole rings is 1. The lowest BCUT2D eigenvalue weighted by Gasteiger charge is -2.12. The second-order valence-electron chi connectivity index (χ2n) is 5.73. The molecule has 136 valence electrons. The standard InChI is InChI=1S/C19H21N3O3S/c1-5-24-14-8-7-13(10-15(14)25-6-2)18(23)22-19-21-17-16(26-19)11(3)9-12(4)20-17/h7-10H,5-6H2,1-4H3,(H,20,21,22,23). The summed E-state index contributed by atoms with van der Waals surface area (Å²) < 4.78 is 12.1. The van der Waals surface area contributed by atoms with Gasteiger partial charge in [0.05, 0.1) is 17.9 Å². The largest absolute Gasteiger partial charge is 0.490 e. The molecule has 1 N–H and O–H groups in total. The minimum Gasteiger partial charge on any atom is -0.490 e. The molecule has 6 nitrogen and oxygen atoms in total. The quantitative estimate of drug-likeness (QED) is 0.697. The Kier molecular flexibility index (Phi) is 5.37. The Morgan fingerprint density at radius 1 is 1.08 bits per heavy atom. The van der Waals surface area contributed by atoms with Gasteiger partial charge in [-0.25, -0.2) is 4.98 Å². The Morgan fingerprint density at radius 2 is 1.81 bits per heavy atom. The predicted molar refractivity (Wildman–Crippen MR) is 104 cm³/mol. The number of anilines is 1. The first kappa shape index (κ1) is 18.1. The fourth-order valence-electron chi connectivity index (χ4n) is 2.64. The highest BCUT2D eigenvalue weighted by molar-refractivity contribution is 7.22. The van der Waals surface area contributed by atoms with Gasteiger partial charge in [-0.2, -0.15) is 4.98 Å². The Bertz CT molecular complexity index is 953. The van der Waals surface area contributed by atoms with Gasteiger partial charge in [0.2, 0.25) is 0 Å². The Balaban J connectivity index is 1.85. The number of carbonyl (C=O) groups excluding carboxylic acids is 1. The zero-order valence-electron chi connectivity index (χ0n) is 15.3. The number of rotatable bonds is 6. The third kappa shape index (κ3) is 3.77. The molecular formula is C19H21N3O3S. The third-order valence-corrected chi connectivity index (χ3v) is 4.80. The summed E-state index contributed by atoms with van der Waals surface area (Å²) in [4.78, 5) is 21.5. The molecule has 0 saturated carbocycles. The maximum Gasteiger partial charge on any atom is 0.257 e. The smallest absolute Gasteiger partial charge is 0.257 e. The second kappa shape index (κ2) is 7.70. The van der Waals surface area contributed by atoms with Crippen molar-refractivity contribution in [2.75, 3.05) is 18.5 Å². The van der Waals surface area contributed by atoms with Crippen LogP contribution in [0.3, 0.4) is 0 Å². The van der Waals surface area contributed by atoms with Crippen LogP contribution in [0.2, 0.25) is 0 Å². The molecule has 2 heterocycles. The fraction of sp³-hybridized carbons (Fsp3) is 0.316. The van der Waals surface area contributed by atoms with Crippen LogP contribution in [0.25, 0.3) is 10.3 Å². The molecule has 0 aliphatic heterocycles. The Labute approximate surface area is 156 Å². The monoisotopic (exact) mass is 371 g/mol. The number of ether oxygens (including phenoxy) is 2. The topological polar surface area (TPSA) is 73.3 Å². The van der Waals surface area contributed by atoms with Crippen molar-refractivity contribution in [3.8, 4) is 11.5 Å². The van der Waals surface area contributed by atoms with E-state index in [9.17, 15) is 4.79 Å². The van der Waals surface area contributed by atoms with E-state index in [-0.39, 0.29) is 5.91 Å². The fourth-order valence-corrected chi connectivity index (χ4v) is 3.51. The molecule has 3 aromatic rings. The van der Waals surface area contributed by atoms with Crippen molar-refractivity contribution in [2.45, 2.75) is 27.7 Å². The molecule has 1 amide bonds. The lowest BCUT2D eigenvalue weighted by molar-refractivity contribution is 0.102. The molecule has 0 aliphatic rings. The van der Waals surface area contributed by atoms with Gasteiger partial charge in [0.15, 0.2) is 22.3 Å². The van der Waals surface area contributed by atoms with Crippen LogP contribution in [0.5, 0.6) is 11.5 Å². The number of hydrogen-bond acceptors (Lipinski definition) is 6. The third-order valence-electron chi connectivity index (χ3n) is 3.70. The molecule has 3 rings (SSSR count). The average Bonchev–Trinajstić information content (AvgIpc) is 2.99. The number of hydrogen-bond donors (Lipinski definition) is 1. The molecule has 2 aromatic heterocycles.